The number of carbonyl (C=O) groups is 1. The number of aryl methyl sites for hydroxylation is 2. The van der Waals surface area contributed by atoms with E-state index in [1.165, 1.54) is 4.90 Å². The standard InChI is InChI=1S/C18H21ClN2O2/c1-12-9-10-20-15(11-12)21(17(22)23-18(3,4)5)16-13(2)7-6-8-14(16)19/h6-11H,1-5H3. The fourth-order valence-electron chi connectivity index (χ4n) is 2.16. The average Bonchev–Trinajstić information content (AvgIpc) is 2.40. The van der Waals surface area contributed by atoms with Crippen LogP contribution >= 0.6 is 11.6 Å². The number of rotatable bonds is 2. The summed E-state index contributed by atoms with van der Waals surface area (Å²) in [5.41, 5.74) is 1.83. The van der Waals surface area contributed by atoms with Crippen molar-refractivity contribution in [1.82, 2.24) is 4.98 Å². The molecule has 0 saturated heterocycles. The van der Waals surface area contributed by atoms with Gasteiger partial charge in [-0.15, -0.1) is 0 Å². The molecule has 0 unspecified atom stereocenters. The Morgan fingerprint density at radius 1 is 1.22 bits per heavy atom. The molecule has 1 amide bonds. The average molecular weight is 333 g/mol. The molecule has 0 aliphatic rings. The van der Waals surface area contributed by atoms with E-state index < -0.39 is 11.7 Å². The molecule has 0 aliphatic heterocycles. The lowest BCUT2D eigenvalue weighted by Gasteiger charge is -2.28. The molecule has 1 heterocycles. The SMILES string of the molecule is Cc1ccnc(N(C(=O)OC(C)(C)C)c2c(C)cccc2Cl)c1. The van der Waals surface area contributed by atoms with Gasteiger partial charge in [0.15, 0.2) is 0 Å². The molecule has 0 spiro atoms. The lowest BCUT2D eigenvalue weighted by atomic mass is 10.1. The van der Waals surface area contributed by atoms with Crippen LogP contribution in [-0.4, -0.2) is 16.7 Å². The van der Waals surface area contributed by atoms with Crippen molar-refractivity contribution in [2.45, 2.75) is 40.2 Å². The predicted molar refractivity (Wildman–Crippen MR) is 93.5 cm³/mol. The minimum absolute atomic E-state index is 0.471. The van der Waals surface area contributed by atoms with Crippen molar-refractivity contribution < 1.29 is 9.53 Å². The smallest absolute Gasteiger partial charge is 0.420 e. The number of anilines is 2. The first kappa shape index (κ1) is 17.3. The molecule has 23 heavy (non-hydrogen) atoms. The molecular formula is C18H21ClN2O2. The normalized spacial score (nSPS) is 11.2. The van der Waals surface area contributed by atoms with Crippen LogP contribution in [0.25, 0.3) is 0 Å². The van der Waals surface area contributed by atoms with Gasteiger partial charge in [0.1, 0.15) is 11.4 Å². The van der Waals surface area contributed by atoms with Crippen LogP contribution in [0, 0.1) is 13.8 Å². The van der Waals surface area contributed by atoms with Crippen molar-refractivity contribution in [3.63, 3.8) is 0 Å². The Bertz CT molecular complexity index is 703. The van der Waals surface area contributed by atoms with E-state index in [0.29, 0.717) is 16.5 Å². The summed E-state index contributed by atoms with van der Waals surface area (Å²) in [4.78, 5) is 18.5. The zero-order valence-corrected chi connectivity index (χ0v) is 14.8. The third-order valence-electron chi connectivity index (χ3n) is 3.12. The number of aromatic nitrogens is 1. The van der Waals surface area contributed by atoms with Gasteiger partial charge in [-0.1, -0.05) is 23.7 Å². The summed E-state index contributed by atoms with van der Waals surface area (Å²) < 4.78 is 5.55. The van der Waals surface area contributed by atoms with E-state index in [1.807, 2.05) is 58.9 Å². The number of benzene rings is 1. The summed E-state index contributed by atoms with van der Waals surface area (Å²) in [6.07, 6.45) is 1.15. The zero-order valence-electron chi connectivity index (χ0n) is 14.1. The number of nitrogens with zero attached hydrogens (tertiary/aromatic N) is 2. The zero-order chi connectivity index (χ0) is 17.2. The fourth-order valence-corrected chi connectivity index (χ4v) is 2.46. The number of pyridine rings is 1. The van der Waals surface area contributed by atoms with E-state index >= 15 is 0 Å². The molecule has 0 aliphatic carbocycles. The number of amides is 1. The molecule has 0 bridgehead atoms. The molecule has 5 heteroatoms. The van der Waals surface area contributed by atoms with Gasteiger partial charge in [-0.25, -0.2) is 14.7 Å². The molecule has 2 rings (SSSR count). The summed E-state index contributed by atoms with van der Waals surface area (Å²) >= 11 is 6.35. The number of hydrogen-bond donors (Lipinski definition) is 0. The van der Waals surface area contributed by atoms with E-state index in [0.717, 1.165) is 11.1 Å². The highest BCUT2D eigenvalue weighted by molar-refractivity contribution is 6.34. The highest BCUT2D eigenvalue weighted by Crippen LogP contribution is 2.35. The number of carbonyl (C=O) groups excluding carboxylic acids is 1. The molecule has 1 aromatic heterocycles. The van der Waals surface area contributed by atoms with Crippen LogP contribution < -0.4 is 4.90 Å². The van der Waals surface area contributed by atoms with Gasteiger partial charge < -0.3 is 4.74 Å². The van der Waals surface area contributed by atoms with Crippen LogP contribution in [0.4, 0.5) is 16.3 Å². The third kappa shape index (κ3) is 4.23. The monoisotopic (exact) mass is 332 g/mol. The number of hydrogen-bond acceptors (Lipinski definition) is 3. The van der Waals surface area contributed by atoms with E-state index in [9.17, 15) is 4.79 Å². The Labute approximate surface area is 142 Å². The van der Waals surface area contributed by atoms with Crippen LogP contribution in [0.5, 0.6) is 0 Å². The van der Waals surface area contributed by atoms with Crippen molar-refractivity contribution >= 4 is 29.2 Å². The Hall–Kier alpha value is -2.07. The van der Waals surface area contributed by atoms with Crippen LogP contribution in [0.15, 0.2) is 36.5 Å². The second-order valence-corrected chi connectivity index (χ2v) is 6.82. The Balaban J connectivity index is 2.58. The Morgan fingerprint density at radius 2 is 1.91 bits per heavy atom. The molecule has 0 atom stereocenters. The molecule has 4 nitrogen and oxygen atoms in total. The first-order valence-electron chi connectivity index (χ1n) is 7.40. The van der Waals surface area contributed by atoms with Gasteiger partial charge in [0.05, 0.1) is 10.7 Å². The summed E-state index contributed by atoms with van der Waals surface area (Å²) in [6, 6.07) is 9.19. The maximum absolute atomic E-state index is 12.8. The van der Waals surface area contributed by atoms with Crippen molar-refractivity contribution in [2.75, 3.05) is 4.90 Å². The topological polar surface area (TPSA) is 42.4 Å². The van der Waals surface area contributed by atoms with E-state index in [1.54, 1.807) is 12.3 Å². The molecule has 0 radical (unpaired) electrons. The summed E-state index contributed by atoms with van der Waals surface area (Å²) in [7, 11) is 0. The van der Waals surface area contributed by atoms with E-state index in [-0.39, 0.29) is 0 Å². The largest absolute Gasteiger partial charge is 0.443 e. The van der Waals surface area contributed by atoms with E-state index in [2.05, 4.69) is 4.98 Å². The van der Waals surface area contributed by atoms with Crippen molar-refractivity contribution in [2.24, 2.45) is 0 Å². The van der Waals surface area contributed by atoms with Crippen LogP contribution in [0.3, 0.4) is 0 Å². The third-order valence-corrected chi connectivity index (χ3v) is 3.42. The second-order valence-electron chi connectivity index (χ2n) is 6.41. The lowest BCUT2D eigenvalue weighted by molar-refractivity contribution is 0.0598. The minimum Gasteiger partial charge on any atom is -0.443 e. The number of halogens is 1. The molecule has 0 fully saturated rings. The molecule has 0 N–H and O–H groups in total. The van der Waals surface area contributed by atoms with Crippen LogP contribution in [0.2, 0.25) is 5.02 Å². The molecule has 2 aromatic rings. The van der Waals surface area contributed by atoms with Crippen molar-refractivity contribution in [3.8, 4) is 0 Å². The lowest BCUT2D eigenvalue weighted by Crippen LogP contribution is -2.34. The molecular weight excluding hydrogens is 312 g/mol. The fraction of sp³-hybridized carbons (Fsp3) is 0.333. The van der Waals surface area contributed by atoms with Gasteiger partial charge in [0.25, 0.3) is 0 Å². The summed E-state index contributed by atoms with van der Waals surface area (Å²) in [5.74, 6) is 0.482. The maximum atomic E-state index is 12.8. The Kier molecular flexibility index (Phi) is 4.95. The van der Waals surface area contributed by atoms with Gasteiger partial charge in [-0.3, -0.25) is 0 Å². The highest BCUT2D eigenvalue weighted by Gasteiger charge is 2.28. The van der Waals surface area contributed by atoms with E-state index in [4.69, 9.17) is 16.3 Å². The summed E-state index contributed by atoms with van der Waals surface area (Å²) in [5, 5.41) is 0.471. The second kappa shape index (κ2) is 6.59. The molecule has 1 aromatic carbocycles. The maximum Gasteiger partial charge on any atom is 0.420 e. The number of ether oxygens (including phenoxy) is 1. The quantitative estimate of drug-likeness (QED) is 0.736. The van der Waals surface area contributed by atoms with Gasteiger partial charge in [0.2, 0.25) is 0 Å². The summed E-state index contributed by atoms with van der Waals surface area (Å²) in [6.45, 7) is 9.32. The first-order chi connectivity index (χ1) is 10.7. The highest BCUT2D eigenvalue weighted by atomic mass is 35.5. The van der Waals surface area contributed by atoms with Crippen LogP contribution in [0.1, 0.15) is 31.9 Å². The number of para-hydroxylation sites is 1. The first-order valence-corrected chi connectivity index (χ1v) is 7.78. The Morgan fingerprint density at radius 3 is 2.48 bits per heavy atom. The van der Waals surface area contributed by atoms with Gasteiger partial charge in [-0.05, 0) is 63.9 Å². The van der Waals surface area contributed by atoms with Gasteiger partial charge >= 0.3 is 6.09 Å². The van der Waals surface area contributed by atoms with Crippen molar-refractivity contribution in [1.29, 1.82) is 0 Å². The predicted octanol–water partition coefficient (Wildman–Crippen LogP) is 5.43. The van der Waals surface area contributed by atoms with Crippen LogP contribution in [-0.2, 0) is 4.74 Å². The molecule has 122 valence electrons. The van der Waals surface area contributed by atoms with Gasteiger partial charge in [0, 0.05) is 6.20 Å². The van der Waals surface area contributed by atoms with Crippen molar-refractivity contribution in [3.05, 3.63) is 52.7 Å². The molecule has 0 saturated carbocycles. The minimum atomic E-state index is -0.617. The van der Waals surface area contributed by atoms with Gasteiger partial charge in [-0.2, -0.15) is 0 Å².